The predicted molar refractivity (Wildman–Crippen MR) is 40.5 cm³/mol. The van der Waals surface area contributed by atoms with Crippen LogP contribution in [0.3, 0.4) is 0 Å². The van der Waals surface area contributed by atoms with Crippen molar-refractivity contribution in [1.82, 2.24) is 4.90 Å². The monoisotopic (exact) mass is 268 g/mol. The van der Waals surface area contributed by atoms with Crippen LogP contribution in [0, 0.1) is 0 Å². The molecule has 0 aromatic carbocycles. The van der Waals surface area contributed by atoms with Crippen molar-refractivity contribution in [2.45, 2.75) is 19.0 Å². The molecular weight excluding hydrogens is 253 g/mol. The van der Waals surface area contributed by atoms with Crippen molar-refractivity contribution in [1.29, 1.82) is 0 Å². The predicted octanol–water partition coefficient (Wildman–Crippen LogP) is -2.82. The molecule has 0 amide bonds. The van der Waals surface area contributed by atoms with Gasteiger partial charge in [0, 0.05) is 0 Å². The summed E-state index contributed by atoms with van der Waals surface area (Å²) in [4.78, 5) is 2.65. The molecule has 0 N–H and O–H groups in total. The van der Waals surface area contributed by atoms with E-state index in [1.807, 2.05) is 0 Å². The van der Waals surface area contributed by atoms with Crippen molar-refractivity contribution in [2.24, 2.45) is 0 Å². The number of hydrogen-bond acceptors (Lipinski definition) is 2. The van der Waals surface area contributed by atoms with Crippen LogP contribution in [0.25, 0.3) is 0 Å². The summed E-state index contributed by atoms with van der Waals surface area (Å²) in [5.41, 5.74) is 0. The van der Waals surface area contributed by atoms with Gasteiger partial charge in [-0.1, -0.05) is 0 Å². The summed E-state index contributed by atoms with van der Waals surface area (Å²) < 4.78 is 8.46. The van der Waals surface area contributed by atoms with Crippen LogP contribution in [0.1, 0.15) is 6.92 Å². The van der Waals surface area contributed by atoms with Crippen LogP contribution in [-0.2, 0) is 4.74 Å². The van der Waals surface area contributed by atoms with Gasteiger partial charge in [-0.3, -0.25) is 0 Å². The molecule has 2 aliphatic rings. The first-order valence-corrected chi connectivity index (χ1v) is 7.30. The zero-order valence-corrected chi connectivity index (χ0v) is 9.08. The molecule has 0 bridgehead atoms. The van der Waals surface area contributed by atoms with E-state index < -0.39 is 0 Å². The van der Waals surface area contributed by atoms with Crippen LogP contribution in [-0.4, -0.2) is 45.6 Å². The Morgan fingerprint density at radius 3 is 2.82 bits per heavy atom. The first-order chi connectivity index (χ1) is 5.38. The van der Waals surface area contributed by atoms with Gasteiger partial charge in [0.05, 0.1) is 0 Å². The van der Waals surface area contributed by atoms with E-state index in [0.717, 1.165) is 19.3 Å². The minimum atomic E-state index is 0.622. The summed E-state index contributed by atoms with van der Waals surface area (Å²) in [6, 6.07) is 1.62. The van der Waals surface area contributed by atoms with E-state index in [-0.39, 0.29) is 0 Å². The fraction of sp³-hybridized carbons (Fsp3) is 1.00. The number of hydrogen-bond donors (Lipinski definition) is 0. The summed E-state index contributed by atoms with van der Waals surface area (Å²) in [7, 11) is 0. The molecule has 1 atom stereocenters. The van der Waals surface area contributed by atoms with Gasteiger partial charge in [0.2, 0.25) is 0 Å². The Kier molecular flexibility index (Phi) is 2.69. The van der Waals surface area contributed by atoms with E-state index in [0.29, 0.717) is 27.2 Å². The molecule has 2 heterocycles. The number of ether oxygens (including phenoxy) is 1. The Morgan fingerprint density at radius 1 is 1.45 bits per heavy atom. The van der Waals surface area contributed by atoms with Crippen molar-refractivity contribution < 1.29 is 25.9 Å². The molecule has 2 rings (SSSR count). The van der Waals surface area contributed by atoms with Crippen molar-refractivity contribution >= 4 is 0 Å². The van der Waals surface area contributed by atoms with E-state index in [9.17, 15) is 0 Å². The summed E-state index contributed by atoms with van der Waals surface area (Å²) in [5, 5.41) is 0. The van der Waals surface area contributed by atoms with Gasteiger partial charge in [0.25, 0.3) is 0 Å². The van der Waals surface area contributed by atoms with Gasteiger partial charge in [-0.25, -0.2) is 0 Å². The SMILES string of the molecule is C[C@H]1COCCN1C1C[I-]C1. The summed E-state index contributed by atoms with van der Waals surface area (Å²) in [5.74, 6) is 0. The molecule has 0 spiro atoms. The van der Waals surface area contributed by atoms with Crippen LogP contribution in [0.4, 0.5) is 0 Å². The number of alkyl halides is 2. The zero-order valence-electron chi connectivity index (χ0n) is 6.92. The third kappa shape index (κ3) is 1.70. The molecule has 66 valence electrons. The number of rotatable bonds is 1. The molecule has 0 saturated carbocycles. The Morgan fingerprint density at radius 2 is 2.27 bits per heavy atom. The van der Waals surface area contributed by atoms with Gasteiger partial charge < -0.3 is 0 Å². The van der Waals surface area contributed by atoms with Crippen molar-refractivity contribution in [3.63, 3.8) is 0 Å². The molecule has 0 unspecified atom stereocenters. The average Bonchev–Trinajstić information content (AvgIpc) is 1.90. The van der Waals surface area contributed by atoms with Crippen molar-refractivity contribution in [3.8, 4) is 0 Å². The fourth-order valence-electron chi connectivity index (χ4n) is 1.67. The first-order valence-electron chi connectivity index (χ1n) is 4.25. The normalized spacial score (nSPS) is 35.9. The van der Waals surface area contributed by atoms with Gasteiger partial charge in [0.1, 0.15) is 0 Å². The van der Waals surface area contributed by atoms with Crippen LogP contribution < -0.4 is 21.2 Å². The summed E-state index contributed by atoms with van der Waals surface area (Å²) in [6.45, 7) is 5.37. The number of nitrogens with zero attached hydrogens (tertiary/aromatic N) is 1. The van der Waals surface area contributed by atoms with Crippen LogP contribution >= 0.6 is 0 Å². The second-order valence-corrected chi connectivity index (χ2v) is 6.15. The zero-order chi connectivity index (χ0) is 7.68. The maximum atomic E-state index is 5.40. The number of halogens is 1. The Labute approximate surface area is 78.5 Å². The second kappa shape index (κ2) is 3.58. The molecule has 0 aliphatic carbocycles. The molecule has 2 saturated heterocycles. The van der Waals surface area contributed by atoms with Crippen molar-refractivity contribution in [3.05, 3.63) is 0 Å². The third-order valence-corrected chi connectivity index (χ3v) is 5.74. The molecule has 3 heteroatoms. The van der Waals surface area contributed by atoms with Crippen LogP contribution in [0.2, 0.25) is 0 Å². The van der Waals surface area contributed by atoms with Crippen molar-refractivity contribution in [2.75, 3.05) is 28.6 Å². The molecule has 2 fully saturated rings. The minimum absolute atomic E-state index is 0.622. The average molecular weight is 268 g/mol. The summed E-state index contributed by atoms with van der Waals surface area (Å²) in [6.07, 6.45) is 0. The topological polar surface area (TPSA) is 12.5 Å². The van der Waals surface area contributed by atoms with Gasteiger partial charge in [-0.2, -0.15) is 0 Å². The van der Waals surface area contributed by atoms with Crippen LogP contribution in [0.5, 0.6) is 0 Å². The fourth-order valence-corrected chi connectivity index (χ4v) is 3.86. The maximum absolute atomic E-state index is 5.40. The molecule has 0 radical (unpaired) electrons. The molecular formula is C8H15INO-. The van der Waals surface area contributed by atoms with E-state index in [1.54, 1.807) is 0 Å². The quantitative estimate of drug-likeness (QED) is 0.376. The van der Waals surface area contributed by atoms with E-state index in [1.165, 1.54) is 15.4 Å². The van der Waals surface area contributed by atoms with E-state index in [2.05, 4.69) is 11.8 Å². The Balaban J connectivity index is 1.88. The first kappa shape index (κ1) is 8.26. The third-order valence-electron chi connectivity index (χ3n) is 2.46. The van der Waals surface area contributed by atoms with Gasteiger partial charge in [-0.05, 0) is 0 Å². The molecule has 2 aliphatic heterocycles. The van der Waals surface area contributed by atoms with Crippen LogP contribution in [0.15, 0.2) is 0 Å². The summed E-state index contributed by atoms with van der Waals surface area (Å²) >= 11 is 0.622. The van der Waals surface area contributed by atoms with Gasteiger partial charge in [0.15, 0.2) is 0 Å². The van der Waals surface area contributed by atoms with E-state index >= 15 is 0 Å². The standard InChI is InChI=1S/C8H15INO/c1-7-6-11-3-2-10(7)8-4-9-5-8/h7-8H,2-6H2,1H3/q-1/t7-/m0/s1. The molecule has 0 aromatic heterocycles. The van der Waals surface area contributed by atoms with Gasteiger partial charge >= 0.3 is 78.5 Å². The molecule has 11 heavy (non-hydrogen) atoms. The van der Waals surface area contributed by atoms with Gasteiger partial charge in [-0.15, -0.1) is 0 Å². The Bertz CT molecular complexity index is 136. The molecule has 2 nitrogen and oxygen atoms in total. The second-order valence-electron chi connectivity index (χ2n) is 3.31. The van der Waals surface area contributed by atoms with E-state index in [4.69, 9.17) is 4.74 Å². The molecule has 0 aromatic rings. The Hall–Kier alpha value is 0.650. The number of morpholine rings is 1.